The van der Waals surface area contributed by atoms with Gasteiger partial charge < -0.3 is 5.32 Å². The Morgan fingerprint density at radius 2 is 2.14 bits per heavy atom. The van der Waals surface area contributed by atoms with Gasteiger partial charge in [-0.15, -0.1) is 0 Å². The molecule has 1 unspecified atom stereocenters. The molecule has 0 aliphatic carbocycles. The van der Waals surface area contributed by atoms with E-state index in [1.807, 2.05) is 0 Å². The lowest BCUT2D eigenvalue weighted by atomic mass is 9.95. The van der Waals surface area contributed by atoms with Gasteiger partial charge in [-0.2, -0.15) is 0 Å². The van der Waals surface area contributed by atoms with Gasteiger partial charge in [-0.25, -0.2) is 0 Å². The summed E-state index contributed by atoms with van der Waals surface area (Å²) in [6.07, 6.45) is 1.21. The molecule has 1 aromatic rings. The van der Waals surface area contributed by atoms with Gasteiger partial charge in [0.05, 0.1) is 0 Å². The molecule has 1 atom stereocenters. The molecule has 0 bridgehead atoms. The number of nitrogens with one attached hydrogen (secondary N) is 1. The molecule has 2 heteroatoms. The molecule has 1 N–H and O–H groups in total. The van der Waals surface area contributed by atoms with E-state index in [1.165, 1.54) is 23.1 Å². The lowest BCUT2D eigenvalue weighted by Crippen LogP contribution is -2.08. The molecule has 1 aromatic carbocycles. The second kappa shape index (κ2) is 3.92. The van der Waals surface area contributed by atoms with Crippen LogP contribution in [0.15, 0.2) is 12.1 Å². The molecule has 0 saturated carbocycles. The highest BCUT2D eigenvalue weighted by atomic mass is 35.5. The minimum atomic E-state index is 0.613. The van der Waals surface area contributed by atoms with Gasteiger partial charge in [0.25, 0.3) is 0 Å². The van der Waals surface area contributed by atoms with E-state index in [1.54, 1.807) is 0 Å². The van der Waals surface area contributed by atoms with Crippen LogP contribution >= 0.6 is 11.6 Å². The Morgan fingerprint density at radius 3 is 2.79 bits per heavy atom. The van der Waals surface area contributed by atoms with Gasteiger partial charge in [-0.3, -0.25) is 0 Å². The molecule has 1 fully saturated rings. The Morgan fingerprint density at radius 1 is 1.36 bits per heavy atom. The quantitative estimate of drug-likeness (QED) is 0.750. The van der Waals surface area contributed by atoms with Crippen molar-refractivity contribution in [1.82, 2.24) is 5.32 Å². The molecule has 1 nitrogen and oxygen atoms in total. The summed E-state index contributed by atoms with van der Waals surface area (Å²) in [5.74, 6) is 0.613. The molecule has 14 heavy (non-hydrogen) atoms. The zero-order valence-corrected chi connectivity index (χ0v) is 9.49. The monoisotopic (exact) mass is 209 g/mol. The zero-order chi connectivity index (χ0) is 10.1. The Hall–Kier alpha value is -0.530. The van der Waals surface area contributed by atoms with Crippen LogP contribution in [-0.2, 0) is 0 Å². The number of halogens is 1. The van der Waals surface area contributed by atoms with E-state index in [2.05, 4.69) is 31.3 Å². The summed E-state index contributed by atoms with van der Waals surface area (Å²) in [4.78, 5) is 0. The number of hydrogen-bond acceptors (Lipinski definition) is 1. The Bertz CT molecular complexity index is 340. The lowest BCUT2D eigenvalue weighted by Gasteiger charge is -2.14. The minimum Gasteiger partial charge on any atom is -0.316 e. The van der Waals surface area contributed by atoms with Crippen molar-refractivity contribution in [1.29, 1.82) is 0 Å². The first-order chi connectivity index (χ1) is 6.70. The summed E-state index contributed by atoms with van der Waals surface area (Å²) in [7, 11) is 0. The molecule has 0 spiro atoms. The van der Waals surface area contributed by atoms with Gasteiger partial charge in [0, 0.05) is 11.6 Å². The zero-order valence-electron chi connectivity index (χ0n) is 8.73. The highest BCUT2D eigenvalue weighted by molar-refractivity contribution is 6.32. The molecule has 1 aliphatic heterocycles. The van der Waals surface area contributed by atoms with E-state index in [0.29, 0.717) is 5.92 Å². The molecule has 0 aromatic heterocycles. The van der Waals surface area contributed by atoms with Crippen molar-refractivity contribution in [3.8, 4) is 0 Å². The molecule has 76 valence electrons. The summed E-state index contributed by atoms with van der Waals surface area (Å²) >= 11 is 6.35. The van der Waals surface area contributed by atoms with Crippen LogP contribution in [0.3, 0.4) is 0 Å². The van der Waals surface area contributed by atoms with Crippen molar-refractivity contribution in [2.24, 2.45) is 0 Å². The molecule has 1 saturated heterocycles. The van der Waals surface area contributed by atoms with Gasteiger partial charge in [-0.1, -0.05) is 23.7 Å². The molecule has 0 radical (unpaired) electrons. The summed E-state index contributed by atoms with van der Waals surface area (Å²) in [5, 5.41) is 4.34. The van der Waals surface area contributed by atoms with Gasteiger partial charge in [0.1, 0.15) is 0 Å². The molecule has 1 heterocycles. The number of benzene rings is 1. The largest absolute Gasteiger partial charge is 0.316 e. The maximum Gasteiger partial charge on any atom is 0.0473 e. The van der Waals surface area contributed by atoms with Crippen LogP contribution in [0.1, 0.15) is 29.0 Å². The second-order valence-electron chi connectivity index (χ2n) is 4.10. The Balaban J connectivity index is 2.38. The normalized spacial score (nSPS) is 21.5. The maximum absolute atomic E-state index is 6.35. The predicted molar refractivity (Wildman–Crippen MR) is 61.2 cm³/mol. The van der Waals surface area contributed by atoms with Gasteiger partial charge in [-0.05, 0) is 49.4 Å². The third-order valence-electron chi connectivity index (χ3n) is 3.19. The average Bonchev–Trinajstić information content (AvgIpc) is 2.67. The fourth-order valence-corrected chi connectivity index (χ4v) is 2.40. The van der Waals surface area contributed by atoms with Gasteiger partial charge in [0.2, 0.25) is 0 Å². The first-order valence-corrected chi connectivity index (χ1v) is 5.54. The third-order valence-corrected chi connectivity index (χ3v) is 3.69. The summed E-state index contributed by atoms with van der Waals surface area (Å²) < 4.78 is 0. The second-order valence-corrected chi connectivity index (χ2v) is 4.48. The van der Waals surface area contributed by atoms with Crippen LogP contribution in [0.5, 0.6) is 0 Å². The summed E-state index contributed by atoms with van der Waals surface area (Å²) in [6.45, 7) is 6.40. The first-order valence-electron chi connectivity index (χ1n) is 5.16. The number of rotatable bonds is 1. The SMILES string of the molecule is Cc1ccc(C2CCNC2)c(Cl)c1C. The smallest absolute Gasteiger partial charge is 0.0473 e. The third kappa shape index (κ3) is 1.67. The topological polar surface area (TPSA) is 12.0 Å². The predicted octanol–water partition coefficient (Wildman–Crippen LogP) is 3.03. The fraction of sp³-hybridized carbons (Fsp3) is 0.500. The number of aryl methyl sites for hydroxylation is 1. The molecule has 2 rings (SSSR count). The van der Waals surface area contributed by atoms with Gasteiger partial charge >= 0.3 is 0 Å². The summed E-state index contributed by atoms with van der Waals surface area (Å²) in [5.41, 5.74) is 3.83. The van der Waals surface area contributed by atoms with Gasteiger partial charge in [0.15, 0.2) is 0 Å². The van der Waals surface area contributed by atoms with Crippen molar-refractivity contribution < 1.29 is 0 Å². The van der Waals surface area contributed by atoms with Crippen LogP contribution in [0.4, 0.5) is 0 Å². The average molecular weight is 210 g/mol. The van der Waals surface area contributed by atoms with Crippen LogP contribution < -0.4 is 5.32 Å². The standard InChI is InChI=1S/C12H16ClN/c1-8-3-4-11(12(13)9(8)2)10-5-6-14-7-10/h3-4,10,14H,5-7H2,1-2H3. The van der Waals surface area contributed by atoms with Crippen molar-refractivity contribution >= 4 is 11.6 Å². The van der Waals surface area contributed by atoms with Crippen molar-refractivity contribution in [2.75, 3.05) is 13.1 Å². The molecule has 0 amide bonds. The Kier molecular flexibility index (Phi) is 2.80. The van der Waals surface area contributed by atoms with E-state index in [-0.39, 0.29) is 0 Å². The van der Waals surface area contributed by atoms with E-state index >= 15 is 0 Å². The highest BCUT2D eigenvalue weighted by Crippen LogP contribution is 2.32. The van der Waals surface area contributed by atoms with E-state index < -0.39 is 0 Å². The Labute approximate surface area is 90.5 Å². The number of hydrogen-bond donors (Lipinski definition) is 1. The van der Waals surface area contributed by atoms with Crippen LogP contribution in [0.25, 0.3) is 0 Å². The first kappa shape index (κ1) is 10.0. The van der Waals surface area contributed by atoms with E-state index in [4.69, 9.17) is 11.6 Å². The van der Waals surface area contributed by atoms with Crippen LogP contribution in [0.2, 0.25) is 5.02 Å². The lowest BCUT2D eigenvalue weighted by molar-refractivity contribution is 0.762. The molecule has 1 aliphatic rings. The summed E-state index contributed by atoms with van der Waals surface area (Å²) in [6, 6.07) is 4.36. The molecular formula is C12H16ClN. The van der Waals surface area contributed by atoms with E-state index in [9.17, 15) is 0 Å². The van der Waals surface area contributed by atoms with Crippen LogP contribution in [-0.4, -0.2) is 13.1 Å². The minimum absolute atomic E-state index is 0.613. The fourth-order valence-electron chi connectivity index (χ4n) is 2.04. The maximum atomic E-state index is 6.35. The van der Waals surface area contributed by atoms with Crippen molar-refractivity contribution in [2.45, 2.75) is 26.2 Å². The highest BCUT2D eigenvalue weighted by Gasteiger charge is 2.19. The van der Waals surface area contributed by atoms with Crippen molar-refractivity contribution in [3.63, 3.8) is 0 Å². The van der Waals surface area contributed by atoms with Crippen LogP contribution in [0, 0.1) is 13.8 Å². The van der Waals surface area contributed by atoms with Crippen molar-refractivity contribution in [3.05, 3.63) is 33.8 Å². The molecular weight excluding hydrogens is 194 g/mol. The van der Waals surface area contributed by atoms with E-state index in [0.717, 1.165) is 18.1 Å².